The summed E-state index contributed by atoms with van der Waals surface area (Å²) in [4.78, 5) is 12.4. The van der Waals surface area contributed by atoms with Crippen LogP contribution in [0, 0.1) is 17.3 Å². The summed E-state index contributed by atoms with van der Waals surface area (Å²) in [5, 5.41) is 0. The van der Waals surface area contributed by atoms with Crippen molar-refractivity contribution in [2.24, 2.45) is 17.3 Å². The molecule has 1 aliphatic carbocycles. The van der Waals surface area contributed by atoms with Crippen molar-refractivity contribution < 1.29 is 4.79 Å². The fraction of sp³-hybridized carbons (Fsp3) is 0.611. The Morgan fingerprint density at radius 3 is 2.15 bits per heavy atom. The number of hydrogen-bond donors (Lipinski definition) is 0. The van der Waals surface area contributed by atoms with E-state index in [4.69, 9.17) is 0 Å². The first-order valence-electron chi connectivity index (χ1n) is 7.63. The van der Waals surface area contributed by atoms with Crippen LogP contribution in [0.3, 0.4) is 0 Å². The monoisotopic (exact) mass is 336 g/mol. The lowest BCUT2D eigenvalue weighted by Crippen LogP contribution is -2.29. The molecule has 2 rings (SSSR count). The van der Waals surface area contributed by atoms with Gasteiger partial charge < -0.3 is 0 Å². The van der Waals surface area contributed by atoms with Crippen LogP contribution in [0.1, 0.15) is 52.0 Å². The van der Waals surface area contributed by atoms with Crippen molar-refractivity contribution in [3.05, 3.63) is 34.3 Å². The molecule has 20 heavy (non-hydrogen) atoms. The summed E-state index contributed by atoms with van der Waals surface area (Å²) in [5.74, 6) is 1.50. The third-order valence-electron chi connectivity index (χ3n) is 4.70. The van der Waals surface area contributed by atoms with E-state index in [2.05, 4.69) is 36.7 Å². The highest BCUT2D eigenvalue weighted by molar-refractivity contribution is 9.10. The van der Waals surface area contributed by atoms with Gasteiger partial charge >= 0.3 is 0 Å². The molecule has 1 aliphatic rings. The summed E-state index contributed by atoms with van der Waals surface area (Å²) in [7, 11) is 0. The molecule has 110 valence electrons. The van der Waals surface area contributed by atoms with Gasteiger partial charge in [0, 0.05) is 16.8 Å². The summed E-state index contributed by atoms with van der Waals surface area (Å²) in [6, 6.07) is 8.11. The van der Waals surface area contributed by atoms with Crippen LogP contribution in [0.2, 0.25) is 0 Å². The van der Waals surface area contributed by atoms with E-state index in [9.17, 15) is 4.79 Å². The maximum atomic E-state index is 12.4. The Morgan fingerprint density at radius 1 is 1.10 bits per heavy atom. The van der Waals surface area contributed by atoms with E-state index in [1.165, 1.54) is 12.8 Å². The van der Waals surface area contributed by atoms with Crippen LogP contribution >= 0.6 is 15.9 Å². The first kappa shape index (κ1) is 15.8. The number of Topliss-reactive ketones (excluding diaryl/α,β-unsaturated/α-hetero) is 1. The average Bonchev–Trinajstić information content (AvgIpc) is 2.40. The molecule has 0 aliphatic heterocycles. The van der Waals surface area contributed by atoms with Crippen LogP contribution < -0.4 is 0 Å². The fourth-order valence-corrected chi connectivity index (χ4v) is 3.49. The second-order valence-corrected chi connectivity index (χ2v) is 8.10. The molecule has 1 aromatic carbocycles. The van der Waals surface area contributed by atoms with E-state index in [0.717, 1.165) is 28.8 Å². The standard InChI is InChI=1S/C18H25BrO/c1-18(2,3)15-8-6-14(7-9-15)17(20)12-13-4-10-16(19)11-5-13/h4-5,10-11,14-15H,6-9,12H2,1-3H3. The van der Waals surface area contributed by atoms with E-state index in [-0.39, 0.29) is 5.92 Å². The molecule has 0 amide bonds. The molecule has 0 N–H and O–H groups in total. The molecule has 1 saturated carbocycles. The van der Waals surface area contributed by atoms with Gasteiger partial charge in [0.25, 0.3) is 0 Å². The zero-order valence-electron chi connectivity index (χ0n) is 12.8. The minimum atomic E-state index is 0.289. The molecular weight excluding hydrogens is 312 g/mol. The van der Waals surface area contributed by atoms with Gasteiger partial charge in [-0.25, -0.2) is 0 Å². The van der Waals surface area contributed by atoms with Crippen LogP contribution in [-0.2, 0) is 11.2 Å². The zero-order valence-corrected chi connectivity index (χ0v) is 14.4. The van der Waals surface area contributed by atoms with Gasteiger partial charge in [0.2, 0.25) is 0 Å². The second-order valence-electron chi connectivity index (χ2n) is 7.18. The Balaban J connectivity index is 1.87. The highest BCUT2D eigenvalue weighted by Gasteiger charge is 2.32. The molecule has 0 spiro atoms. The first-order valence-corrected chi connectivity index (χ1v) is 8.42. The third-order valence-corrected chi connectivity index (χ3v) is 5.23. The second kappa shape index (κ2) is 6.43. The van der Waals surface area contributed by atoms with Gasteiger partial charge in [0.15, 0.2) is 0 Å². The van der Waals surface area contributed by atoms with Crippen molar-refractivity contribution in [1.82, 2.24) is 0 Å². The topological polar surface area (TPSA) is 17.1 Å². The molecule has 0 saturated heterocycles. The Kier molecular flexibility index (Phi) is 5.06. The van der Waals surface area contributed by atoms with Gasteiger partial charge in [-0.3, -0.25) is 4.79 Å². The molecule has 0 aromatic heterocycles. The molecule has 1 fully saturated rings. The maximum Gasteiger partial charge on any atom is 0.140 e. The number of carbonyl (C=O) groups excluding carboxylic acids is 1. The zero-order chi connectivity index (χ0) is 14.8. The van der Waals surface area contributed by atoms with Crippen molar-refractivity contribution >= 4 is 21.7 Å². The predicted octanol–water partition coefficient (Wildman–Crippen LogP) is 5.41. The molecule has 0 radical (unpaired) electrons. The van der Waals surface area contributed by atoms with Gasteiger partial charge in [-0.15, -0.1) is 0 Å². The van der Waals surface area contributed by atoms with Crippen LogP contribution in [0.4, 0.5) is 0 Å². The van der Waals surface area contributed by atoms with Gasteiger partial charge in [-0.05, 0) is 54.7 Å². The summed E-state index contributed by atoms with van der Waals surface area (Å²) >= 11 is 3.43. The van der Waals surface area contributed by atoms with Gasteiger partial charge in [-0.1, -0.05) is 48.8 Å². The van der Waals surface area contributed by atoms with E-state index in [1.807, 2.05) is 24.3 Å². The highest BCUT2D eigenvalue weighted by atomic mass is 79.9. The quantitative estimate of drug-likeness (QED) is 0.720. The largest absolute Gasteiger partial charge is 0.299 e. The van der Waals surface area contributed by atoms with Gasteiger partial charge in [0.1, 0.15) is 5.78 Å². The Morgan fingerprint density at radius 2 is 1.65 bits per heavy atom. The van der Waals surface area contributed by atoms with E-state index >= 15 is 0 Å². The number of benzene rings is 1. The van der Waals surface area contributed by atoms with Crippen molar-refractivity contribution in [1.29, 1.82) is 0 Å². The Labute approximate surface area is 131 Å². The lowest BCUT2D eigenvalue weighted by molar-refractivity contribution is -0.123. The molecule has 0 heterocycles. The minimum Gasteiger partial charge on any atom is -0.299 e. The predicted molar refractivity (Wildman–Crippen MR) is 87.8 cm³/mol. The molecule has 0 bridgehead atoms. The van der Waals surface area contributed by atoms with E-state index in [1.54, 1.807) is 0 Å². The lowest BCUT2D eigenvalue weighted by Gasteiger charge is -2.36. The van der Waals surface area contributed by atoms with Crippen LogP contribution in [0.15, 0.2) is 28.7 Å². The maximum absolute atomic E-state index is 12.4. The summed E-state index contributed by atoms with van der Waals surface area (Å²) < 4.78 is 1.07. The Bertz CT molecular complexity index is 447. The van der Waals surface area contributed by atoms with Crippen molar-refractivity contribution in [2.45, 2.75) is 52.9 Å². The SMILES string of the molecule is CC(C)(C)C1CCC(C(=O)Cc2ccc(Br)cc2)CC1. The van der Waals surface area contributed by atoms with Crippen LogP contribution in [-0.4, -0.2) is 5.78 Å². The van der Waals surface area contributed by atoms with Crippen LogP contribution in [0.25, 0.3) is 0 Å². The summed E-state index contributed by atoms with van der Waals surface area (Å²) in [6.07, 6.45) is 5.17. The van der Waals surface area contributed by atoms with Crippen molar-refractivity contribution in [2.75, 3.05) is 0 Å². The highest BCUT2D eigenvalue weighted by Crippen LogP contribution is 2.40. The fourth-order valence-electron chi connectivity index (χ4n) is 3.23. The number of ketones is 1. The van der Waals surface area contributed by atoms with Crippen molar-refractivity contribution in [3.8, 4) is 0 Å². The van der Waals surface area contributed by atoms with Gasteiger partial charge in [-0.2, -0.15) is 0 Å². The third kappa shape index (κ3) is 4.18. The van der Waals surface area contributed by atoms with Crippen molar-refractivity contribution in [3.63, 3.8) is 0 Å². The smallest absolute Gasteiger partial charge is 0.140 e. The van der Waals surface area contributed by atoms with Crippen LogP contribution in [0.5, 0.6) is 0 Å². The first-order chi connectivity index (χ1) is 9.36. The number of halogens is 1. The molecular formula is C18H25BrO. The minimum absolute atomic E-state index is 0.289. The molecule has 0 atom stereocenters. The summed E-state index contributed by atoms with van der Waals surface area (Å²) in [6.45, 7) is 6.96. The molecule has 2 heteroatoms. The lowest BCUT2D eigenvalue weighted by atomic mass is 9.69. The number of rotatable bonds is 3. The Hall–Kier alpha value is -0.630. The molecule has 1 aromatic rings. The normalized spacial score (nSPS) is 23.6. The summed E-state index contributed by atoms with van der Waals surface area (Å²) in [5.41, 5.74) is 1.52. The molecule has 1 nitrogen and oxygen atoms in total. The number of hydrogen-bond acceptors (Lipinski definition) is 1. The number of carbonyl (C=O) groups is 1. The molecule has 0 unspecified atom stereocenters. The van der Waals surface area contributed by atoms with E-state index in [0.29, 0.717) is 17.6 Å². The van der Waals surface area contributed by atoms with Gasteiger partial charge in [0.05, 0.1) is 0 Å². The average molecular weight is 337 g/mol. The van der Waals surface area contributed by atoms with E-state index < -0.39 is 0 Å².